The largest absolute Gasteiger partial charge is 0.503 e. The highest BCUT2D eigenvalue weighted by Gasteiger charge is 2.46. The third kappa shape index (κ3) is 3.95. The minimum atomic E-state index is -0.960. The lowest BCUT2D eigenvalue weighted by atomic mass is 9.96. The molecular formula is C25H17ClFN3O3S. The summed E-state index contributed by atoms with van der Waals surface area (Å²) >= 11 is 6.95. The third-order valence-corrected chi connectivity index (χ3v) is 6.89. The number of pyridine rings is 1. The summed E-state index contributed by atoms with van der Waals surface area (Å²) in [5, 5.41) is 10.9. The summed E-state index contributed by atoms with van der Waals surface area (Å²) in [4.78, 5) is 36.5. The number of hydrogen-bond donors (Lipinski definition) is 1. The zero-order chi connectivity index (χ0) is 23.8. The van der Waals surface area contributed by atoms with Gasteiger partial charge in [0, 0.05) is 12.6 Å². The number of aromatic nitrogens is 2. The molecule has 0 fully saturated rings. The summed E-state index contributed by atoms with van der Waals surface area (Å²) in [6.45, 7) is 0. The highest BCUT2D eigenvalue weighted by molar-refractivity contribution is 7.22. The van der Waals surface area contributed by atoms with Gasteiger partial charge in [-0.2, -0.15) is 0 Å². The molecule has 0 radical (unpaired) electrons. The Labute approximate surface area is 203 Å². The molecule has 2 aromatic carbocycles. The van der Waals surface area contributed by atoms with Crippen LogP contribution in [0.15, 0.2) is 78.2 Å². The molecule has 9 heteroatoms. The van der Waals surface area contributed by atoms with Crippen LogP contribution in [0.3, 0.4) is 0 Å². The van der Waals surface area contributed by atoms with Crippen LogP contribution in [-0.2, 0) is 16.0 Å². The van der Waals surface area contributed by atoms with E-state index in [1.165, 1.54) is 17.0 Å². The van der Waals surface area contributed by atoms with Gasteiger partial charge >= 0.3 is 0 Å². The number of ketones is 1. The molecule has 1 amide bonds. The fourth-order valence-corrected chi connectivity index (χ4v) is 5.11. The average molecular weight is 494 g/mol. The van der Waals surface area contributed by atoms with Gasteiger partial charge in [-0.1, -0.05) is 59.3 Å². The summed E-state index contributed by atoms with van der Waals surface area (Å²) in [6, 6.07) is 16.3. The summed E-state index contributed by atoms with van der Waals surface area (Å²) < 4.78 is 14.5. The summed E-state index contributed by atoms with van der Waals surface area (Å²) in [5.41, 5.74) is 1.76. The van der Waals surface area contributed by atoms with Crippen molar-refractivity contribution in [2.45, 2.75) is 18.9 Å². The molecular weight excluding hydrogens is 477 g/mol. The van der Waals surface area contributed by atoms with Crippen molar-refractivity contribution >= 4 is 50.0 Å². The number of thiazole rings is 1. The van der Waals surface area contributed by atoms with Crippen molar-refractivity contribution in [3.63, 3.8) is 0 Å². The lowest BCUT2D eigenvalue weighted by molar-refractivity contribution is -0.118. The second kappa shape index (κ2) is 8.96. The number of amides is 1. The van der Waals surface area contributed by atoms with Gasteiger partial charge in [-0.3, -0.25) is 19.5 Å². The predicted octanol–water partition coefficient (Wildman–Crippen LogP) is 5.59. The first-order chi connectivity index (χ1) is 16.4. The molecule has 0 spiro atoms. The molecule has 0 saturated heterocycles. The lowest BCUT2D eigenvalue weighted by Crippen LogP contribution is -2.31. The van der Waals surface area contributed by atoms with Crippen LogP contribution in [0.25, 0.3) is 10.2 Å². The summed E-state index contributed by atoms with van der Waals surface area (Å²) in [7, 11) is 0. The first-order valence-electron chi connectivity index (χ1n) is 10.4. The van der Waals surface area contributed by atoms with Crippen molar-refractivity contribution in [3.05, 3.63) is 100 Å². The smallest absolute Gasteiger partial charge is 0.296 e. The van der Waals surface area contributed by atoms with Crippen LogP contribution in [0.1, 0.15) is 23.7 Å². The van der Waals surface area contributed by atoms with Crippen LogP contribution in [0.2, 0.25) is 5.02 Å². The number of halogens is 2. The fraction of sp³-hybridized carbons (Fsp3) is 0.120. The minimum Gasteiger partial charge on any atom is -0.503 e. The van der Waals surface area contributed by atoms with Crippen LogP contribution >= 0.6 is 22.9 Å². The molecule has 3 heterocycles. The van der Waals surface area contributed by atoms with E-state index < -0.39 is 23.5 Å². The molecule has 4 aromatic rings. The van der Waals surface area contributed by atoms with Gasteiger partial charge in [0.05, 0.1) is 26.5 Å². The number of hydrogen-bond acceptors (Lipinski definition) is 6. The molecule has 0 saturated carbocycles. The van der Waals surface area contributed by atoms with E-state index in [2.05, 4.69) is 9.97 Å². The average Bonchev–Trinajstić information content (AvgIpc) is 3.36. The number of anilines is 1. The molecule has 170 valence electrons. The van der Waals surface area contributed by atoms with Crippen LogP contribution in [0.5, 0.6) is 0 Å². The number of Topliss-reactive ketones (excluding diaryl/α,β-unsaturated/α-hetero) is 1. The Kier molecular flexibility index (Phi) is 5.85. The number of benzene rings is 2. The van der Waals surface area contributed by atoms with Crippen LogP contribution in [0.4, 0.5) is 9.52 Å². The number of aliphatic hydroxyl groups is 1. The Morgan fingerprint density at radius 1 is 1.15 bits per heavy atom. The van der Waals surface area contributed by atoms with Crippen LogP contribution < -0.4 is 4.90 Å². The van der Waals surface area contributed by atoms with Crippen molar-refractivity contribution in [1.29, 1.82) is 0 Å². The molecule has 0 bridgehead atoms. The van der Waals surface area contributed by atoms with Gasteiger partial charge in [-0.25, -0.2) is 9.37 Å². The van der Waals surface area contributed by atoms with E-state index in [1.54, 1.807) is 24.4 Å². The van der Waals surface area contributed by atoms with Gasteiger partial charge in [0.1, 0.15) is 11.9 Å². The van der Waals surface area contributed by atoms with E-state index in [0.717, 1.165) is 16.9 Å². The van der Waals surface area contributed by atoms with Gasteiger partial charge in [0.25, 0.3) is 5.91 Å². The molecule has 5 rings (SSSR count). The maximum atomic E-state index is 14.0. The monoisotopic (exact) mass is 493 g/mol. The van der Waals surface area contributed by atoms with Crippen molar-refractivity contribution in [2.24, 2.45) is 0 Å². The Bertz CT molecular complexity index is 1400. The van der Waals surface area contributed by atoms with Crippen molar-refractivity contribution < 1.29 is 19.1 Å². The third-order valence-electron chi connectivity index (χ3n) is 5.59. The second-order valence-electron chi connectivity index (χ2n) is 7.73. The molecule has 2 aromatic heterocycles. The molecule has 1 aliphatic rings. The van der Waals surface area contributed by atoms with Crippen LogP contribution in [-0.4, -0.2) is 26.8 Å². The molecule has 1 N–H and O–H groups in total. The van der Waals surface area contributed by atoms with Gasteiger partial charge in [0.15, 0.2) is 16.7 Å². The van der Waals surface area contributed by atoms with Crippen molar-refractivity contribution in [2.75, 3.05) is 4.90 Å². The van der Waals surface area contributed by atoms with E-state index in [9.17, 15) is 19.1 Å². The number of carbonyl (C=O) groups is 2. The minimum absolute atomic E-state index is 0.0249. The normalized spacial score (nSPS) is 16.0. The van der Waals surface area contributed by atoms with Gasteiger partial charge in [-0.05, 0) is 36.2 Å². The first kappa shape index (κ1) is 22.2. The van der Waals surface area contributed by atoms with E-state index in [-0.39, 0.29) is 27.9 Å². The summed E-state index contributed by atoms with van der Waals surface area (Å²) in [5.74, 6) is -2.35. The quantitative estimate of drug-likeness (QED) is 0.379. The zero-order valence-electron chi connectivity index (χ0n) is 17.6. The number of carbonyl (C=O) groups excluding carboxylic acids is 2. The maximum Gasteiger partial charge on any atom is 0.296 e. The van der Waals surface area contributed by atoms with Crippen LogP contribution in [0, 0.1) is 5.82 Å². The van der Waals surface area contributed by atoms with E-state index in [4.69, 9.17) is 11.6 Å². The number of fused-ring (bicyclic) bond motifs is 1. The Balaban J connectivity index is 1.55. The molecule has 1 atom stereocenters. The number of rotatable bonds is 6. The Hall–Kier alpha value is -3.62. The van der Waals surface area contributed by atoms with Gasteiger partial charge in [0.2, 0.25) is 0 Å². The molecule has 1 aliphatic heterocycles. The number of aryl methyl sites for hydroxylation is 1. The maximum absolute atomic E-state index is 14.0. The highest BCUT2D eigenvalue weighted by Crippen LogP contribution is 2.43. The van der Waals surface area contributed by atoms with E-state index in [0.29, 0.717) is 22.3 Å². The first-order valence-corrected chi connectivity index (χ1v) is 11.6. The van der Waals surface area contributed by atoms with E-state index >= 15 is 0 Å². The highest BCUT2D eigenvalue weighted by atomic mass is 35.5. The molecule has 0 aliphatic carbocycles. The number of nitrogens with zero attached hydrogens (tertiary/aromatic N) is 3. The Morgan fingerprint density at radius 3 is 2.65 bits per heavy atom. The van der Waals surface area contributed by atoms with Crippen molar-refractivity contribution in [1.82, 2.24) is 9.97 Å². The zero-order valence-corrected chi connectivity index (χ0v) is 19.2. The lowest BCUT2D eigenvalue weighted by Gasteiger charge is -2.23. The molecule has 6 nitrogen and oxygen atoms in total. The number of aliphatic hydroxyl groups excluding tert-OH is 1. The van der Waals surface area contributed by atoms with Crippen molar-refractivity contribution in [3.8, 4) is 0 Å². The topological polar surface area (TPSA) is 83.4 Å². The van der Waals surface area contributed by atoms with Gasteiger partial charge < -0.3 is 5.11 Å². The Morgan fingerprint density at radius 2 is 1.91 bits per heavy atom. The fourth-order valence-electron chi connectivity index (χ4n) is 3.96. The molecule has 1 unspecified atom stereocenters. The van der Waals surface area contributed by atoms with E-state index in [1.807, 2.05) is 30.3 Å². The predicted molar refractivity (Wildman–Crippen MR) is 128 cm³/mol. The summed E-state index contributed by atoms with van der Waals surface area (Å²) in [6.07, 6.45) is 2.11. The SMILES string of the molecule is O=C(CCc1ccccc1)C1=C(O)C(=O)N(c2nc3cc(Cl)c(F)cc3s2)C1c1ccccn1. The second-order valence-corrected chi connectivity index (χ2v) is 9.15. The molecule has 34 heavy (non-hydrogen) atoms. The van der Waals surface area contributed by atoms with Gasteiger partial charge in [-0.15, -0.1) is 0 Å². The standard InChI is InChI=1S/C25H17ClFN3O3S/c26-15-12-18-20(13-16(15)27)34-25(29-18)30-22(17-8-4-5-11-28-17)21(23(32)24(30)33)19(31)10-9-14-6-2-1-3-7-14/h1-8,11-13,22,32H,9-10H2.